The molecule has 8 heteroatoms. The summed E-state index contributed by atoms with van der Waals surface area (Å²) in [7, 11) is 1.35. The van der Waals surface area contributed by atoms with Crippen molar-refractivity contribution >= 4 is 41.0 Å². The van der Waals surface area contributed by atoms with Crippen LogP contribution in [0.2, 0.25) is 10.0 Å². The number of hydrogen-bond acceptors (Lipinski definition) is 4. The number of halogens is 2. The lowest BCUT2D eigenvalue weighted by atomic mass is 10.1. The smallest absolute Gasteiger partial charge is 0.305 e. The second-order valence-corrected chi connectivity index (χ2v) is 7.01. The minimum atomic E-state index is -0.499. The lowest BCUT2D eigenvalue weighted by molar-refractivity contribution is -0.140. The van der Waals surface area contributed by atoms with Gasteiger partial charge < -0.3 is 15.0 Å². The summed E-state index contributed by atoms with van der Waals surface area (Å²) < 4.78 is 4.57. The van der Waals surface area contributed by atoms with Crippen LogP contribution >= 0.6 is 23.2 Å². The van der Waals surface area contributed by atoms with Gasteiger partial charge in [-0.3, -0.25) is 14.4 Å². The highest BCUT2D eigenvalue weighted by atomic mass is 35.5. The van der Waals surface area contributed by atoms with Gasteiger partial charge in [0.25, 0.3) is 5.91 Å². The maximum Gasteiger partial charge on any atom is 0.305 e. The van der Waals surface area contributed by atoms with Crippen LogP contribution < -0.4 is 5.32 Å². The number of methoxy groups -OCH3 is 1. The van der Waals surface area contributed by atoms with Gasteiger partial charge in [0.05, 0.1) is 7.11 Å². The summed E-state index contributed by atoms with van der Waals surface area (Å²) in [5, 5.41) is 3.60. The number of benzene rings is 1. The summed E-state index contributed by atoms with van der Waals surface area (Å²) in [5.74, 6) is -0.691. The van der Waals surface area contributed by atoms with E-state index in [0.29, 0.717) is 54.4 Å². The summed E-state index contributed by atoms with van der Waals surface area (Å²) in [4.78, 5) is 37.8. The van der Waals surface area contributed by atoms with Gasteiger partial charge in [-0.1, -0.05) is 23.2 Å². The van der Waals surface area contributed by atoms with Gasteiger partial charge in [0.15, 0.2) is 0 Å². The molecule has 0 radical (unpaired) electrons. The molecule has 1 N–H and O–H groups in total. The van der Waals surface area contributed by atoms with E-state index in [0.717, 1.165) is 6.42 Å². The van der Waals surface area contributed by atoms with Crippen molar-refractivity contribution in [3.8, 4) is 0 Å². The topological polar surface area (TPSA) is 75.7 Å². The largest absolute Gasteiger partial charge is 0.469 e. The minimum absolute atomic E-state index is 0.179. The highest BCUT2D eigenvalue weighted by Gasteiger charge is 2.34. The number of nitrogens with zero attached hydrogens (tertiary/aromatic N) is 1. The van der Waals surface area contributed by atoms with Crippen molar-refractivity contribution in [2.75, 3.05) is 20.2 Å². The van der Waals surface area contributed by atoms with Crippen LogP contribution in [0.25, 0.3) is 0 Å². The Hall–Kier alpha value is -1.79. The number of amides is 2. The highest BCUT2D eigenvalue weighted by molar-refractivity contribution is 6.35. The maximum absolute atomic E-state index is 12.7. The van der Waals surface area contributed by atoms with Crippen LogP contribution in [0.3, 0.4) is 0 Å². The first-order valence-corrected chi connectivity index (χ1v) is 9.29. The zero-order valence-electron chi connectivity index (χ0n) is 14.6. The molecule has 0 bridgehead atoms. The zero-order valence-corrected chi connectivity index (χ0v) is 16.1. The van der Waals surface area contributed by atoms with Crippen LogP contribution in [0.5, 0.6) is 0 Å². The van der Waals surface area contributed by atoms with E-state index in [1.165, 1.54) is 7.11 Å². The molecule has 1 aromatic rings. The van der Waals surface area contributed by atoms with Crippen molar-refractivity contribution in [1.82, 2.24) is 10.2 Å². The quantitative estimate of drug-likeness (QED) is 0.563. The molecule has 1 atom stereocenters. The third-order valence-electron chi connectivity index (χ3n) is 4.26. The molecule has 0 saturated carbocycles. The lowest BCUT2D eigenvalue weighted by Gasteiger charge is -2.24. The van der Waals surface area contributed by atoms with Gasteiger partial charge in [-0.2, -0.15) is 0 Å². The molecule has 1 aliphatic heterocycles. The van der Waals surface area contributed by atoms with Crippen molar-refractivity contribution in [2.24, 2.45) is 0 Å². The van der Waals surface area contributed by atoms with Crippen molar-refractivity contribution in [3.05, 3.63) is 33.8 Å². The number of esters is 1. The molecule has 0 spiro atoms. The van der Waals surface area contributed by atoms with Crippen LogP contribution in [0.4, 0.5) is 0 Å². The molecule has 6 nitrogen and oxygen atoms in total. The van der Waals surface area contributed by atoms with E-state index in [2.05, 4.69) is 10.1 Å². The van der Waals surface area contributed by atoms with E-state index in [-0.39, 0.29) is 17.8 Å². The van der Waals surface area contributed by atoms with Gasteiger partial charge in [-0.05, 0) is 43.9 Å². The fourth-order valence-electron chi connectivity index (χ4n) is 2.95. The summed E-state index contributed by atoms with van der Waals surface area (Å²) in [5.41, 5.74) is 0.375. The Morgan fingerprint density at radius 1 is 1.19 bits per heavy atom. The number of rotatable bonds is 7. The van der Waals surface area contributed by atoms with Crippen molar-refractivity contribution in [1.29, 1.82) is 0 Å². The van der Waals surface area contributed by atoms with Crippen LogP contribution in [0.15, 0.2) is 18.2 Å². The molecule has 0 aliphatic carbocycles. The van der Waals surface area contributed by atoms with Crippen molar-refractivity contribution < 1.29 is 19.1 Å². The molecule has 1 heterocycles. The third kappa shape index (κ3) is 5.61. The number of nitrogens with one attached hydrogen (secondary N) is 1. The summed E-state index contributed by atoms with van der Waals surface area (Å²) in [6, 6.07) is 4.16. The molecule has 26 heavy (non-hydrogen) atoms. The number of unbranched alkanes of at least 4 members (excludes halogenated alkanes) is 1. The predicted molar refractivity (Wildman–Crippen MR) is 99.4 cm³/mol. The van der Waals surface area contributed by atoms with Gasteiger partial charge >= 0.3 is 5.97 Å². The average Bonchev–Trinajstić information content (AvgIpc) is 3.09. The molecule has 1 aromatic carbocycles. The monoisotopic (exact) mass is 400 g/mol. The Bertz CT molecular complexity index is 661. The number of likely N-dealkylation sites (tertiary alicyclic amines) is 1. The zero-order chi connectivity index (χ0) is 19.1. The second kappa shape index (κ2) is 9.78. The van der Waals surface area contributed by atoms with Gasteiger partial charge in [0, 0.05) is 35.1 Å². The Labute approximate surface area is 162 Å². The molecule has 2 amide bonds. The van der Waals surface area contributed by atoms with Gasteiger partial charge in [-0.25, -0.2) is 0 Å². The third-order valence-corrected chi connectivity index (χ3v) is 4.70. The van der Waals surface area contributed by atoms with Crippen LogP contribution in [-0.4, -0.2) is 48.9 Å². The number of ether oxygens (including phenoxy) is 1. The lowest BCUT2D eigenvalue weighted by Crippen LogP contribution is -2.46. The van der Waals surface area contributed by atoms with Crippen molar-refractivity contribution in [3.63, 3.8) is 0 Å². The Kier molecular flexibility index (Phi) is 7.72. The predicted octanol–water partition coefficient (Wildman–Crippen LogP) is 3.06. The second-order valence-electron chi connectivity index (χ2n) is 6.14. The fraction of sp³-hybridized carbons (Fsp3) is 0.500. The average molecular weight is 401 g/mol. The Balaban J connectivity index is 1.89. The molecule has 142 valence electrons. The van der Waals surface area contributed by atoms with Crippen molar-refractivity contribution in [2.45, 2.75) is 38.1 Å². The van der Waals surface area contributed by atoms with Crippen LogP contribution in [-0.2, 0) is 14.3 Å². The number of carbonyl (C=O) groups is 3. The molecule has 2 rings (SSSR count). The van der Waals surface area contributed by atoms with E-state index < -0.39 is 6.04 Å². The van der Waals surface area contributed by atoms with E-state index in [4.69, 9.17) is 23.2 Å². The normalized spacial score (nSPS) is 16.4. The maximum atomic E-state index is 12.7. The first kappa shape index (κ1) is 20.5. The molecule has 1 unspecified atom stereocenters. The Morgan fingerprint density at radius 2 is 1.88 bits per heavy atom. The van der Waals surface area contributed by atoms with Crippen LogP contribution in [0, 0.1) is 0 Å². The number of carbonyl (C=O) groups excluding carboxylic acids is 3. The summed E-state index contributed by atoms with van der Waals surface area (Å²) in [6.45, 7) is 0.973. The highest BCUT2D eigenvalue weighted by Crippen LogP contribution is 2.24. The fourth-order valence-corrected chi connectivity index (χ4v) is 3.48. The molecule has 1 saturated heterocycles. The summed E-state index contributed by atoms with van der Waals surface area (Å²) >= 11 is 11.9. The molecule has 0 aromatic heterocycles. The molecule has 1 fully saturated rings. The SMILES string of the molecule is COC(=O)CCCCNC(=O)C1CCCN1C(=O)c1cc(Cl)cc(Cl)c1. The summed E-state index contributed by atoms with van der Waals surface area (Å²) in [6.07, 6.45) is 3.02. The molecular weight excluding hydrogens is 379 g/mol. The minimum Gasteiger partial charge on any atom is -0.469 e. The van der Waals surface area contributed by atoms with Gasteiger partial charge in [-0.15, -0.1) is 0 Å². The Morgan fingerprint density at radius 3 is 2.54 bits per heavy atom. The number of hydrogen-bond donors (Lipinski definition) is 1. The van der Waals surface area contributed by atoms with Gasteiger partial charge in [0.2, 0.25) is 5.91 Å². The van der Waals surface area contributed by atoms with Gasteiger partial charge in [0.1, 0.15) is 6.04 Å². The molecule has 1 aliphatic rings. The first-order chi connectivity index (χ1) is 12.4. The first-order valence-electron chi connectivity index (χ1n) is 8.54. The van der Waals surface area contributed by atoms with E-state index in [1.807, 2.05) is 0 Å². The van der Waals surface area contributed by atoms with E-state index >= 15 is 0 Å². The van der Waals surface area contributed by atoms with Crippen LogP contribution in [0.1, 0.15) is 42.5 Å². The molecular formula is C18H22Cl2N2O4. The van der Waals surface area contributed by atoms with E-state index in [9.17, 15) is 14.4 Å². The van der Waals surface area contributed by atoms with E-state index in [1.54, 1.807) is 23.1 Å². The standard InChI is InChI=1S/C18H22Cl2N2O4/c1-26-16(23)6-2-3-7-21-17(24)15-5-4-8-22(15)18(25)12-9-13(19)11-14(20)10-12/h9-11,15H,2-8H2,1H3,(H,21,24).